The van der Waals surface area contributed by atoms with E-state index in [1.165, 1.54) is 11.8 Å². The quantitative estimate of drug-likeness (QED) is 0.745. The summed E-state index contributed by atoms with van der Waals surface area (Å²) in [4.78, 5) is 22.3. The summed E-state index contributed by atoms with van der Waals surface area (Å²) in [7, 11) is 4.87. The van der Waals surface area contributed by atoms with Crippen molar-refractivity contribution in [3.05, 3.63) is 23.8 Å². The van der Waals surface area contributed by atoms with Crippen LogP contribution in [0.15, 0.2) is 12.4 Å². The van der Waals surface area contributed by atoms with Crippen LogP contribution >= 0.6 is 0 Å². The van der Waals surface area contributed by atoms with Gasteiger partial charge < -0.3 is 9.84 Å². The monoisotopic (exact) mass is 380 g/mol. The molecule has 2 aromatic rings. The number of esters is 1. The second-order valence-corrected chi connectivity index (χ2v) is 6.94. The fourth-order valence-electron chi connectivity index (χ4n) is 2.63. The molecule has 1 N–H and O–H groups in total. The van der Waals surface area contributed by atoms with E-state index in [0.29, 0.717) is 11.4 Å². The van der Waals surface area contributed by atoms with Crippen LogP contribution in [0.5, 0.6) is 0 Å². The fraction of sp³-hybridized carbons (Fsp3) is 0.647. The first-order chi connectivity index (χ1) is 12.6. The van der Waals surface area contributed by atoms with Crippen molar-refractivity contribution in [1.82, 2.24) is 30.0 Å². The van der Waals surface area contributed by atoms with Crippen LogP contribution in [-0.4, -0.2) is 54.1 Å². The second kappa shape index (κ2) is 9.79. The van der Waals surface area contributed by atoms with Crippen LogP contribution in [0.3, 0.4) is 0 Å². The van der Waals surface area contributed by atoms with Gasteiger partial charge in [0, 0.05) is 26.5 Å². The number of carbonyl (C=O) groups excluding carboxylic acids is 1. The first kappa shape index (κ1) is 22.3. The molecular weight excluding hydrogens is 352 g/mol. The molecule has 0 aromatic carbocycles. The predicted octanol–water partition coefficient (Wildman–Crippen LogP) is 1.37. The van der Waals surface area contributed by atoms with Gasteiger partial charge in [0.1, 0.15) is 11.8 Å². The highest BCUT2D eigenvalue weighted by Gasteiger charge is 2.28. The molecule has 0 saturated carbocycles. The van der Waals surface area contributed by atoms with Crippen LogP contribution in [-0.2, 0) is 28.4 Å². The maximum Gasteiger partial charge on any atom is 0.315 e. The highest BCUT2D eigenvalue weighted by atomic mass is 16.5. The lowest BCUT2D eigenvalue weighted by Gasteiger charge is -2.14. The molecule has 0 fully saturated rings. The van der Waals surface area contributed by atoms with E-state index in [-0.39, 0.29) is 23.7 Å². The summed E-state index contributed by atoms with van der Waals surface area (Å²) in [5.41, 5.74) is 1.18. The van der Waals surface area contributed by atoms with Gasteiger partial charge in [-0.15, -0.1) is 10.2 Å². The third-order valence-corrected chi connectivity index (χ3v) is 3.93. The number of carbonyl (C=O) groups is 2. The van der Waals surface area contributed by atoms with Gasteiger partial charge in [0.2, 0.25) is 0 Å². The van der Waals surface area contributed by atoms with Crippen LogP contribution in [0.25, 0.3) is 0 Å². The molecule has 0 aliphatic carbocycles. The van der Waals surface area contributed by atoms with Gasteiger partial charge in [-0.2, -0.15) is 0 Å². The Kier molecular flexibility index (Phi) is 8.07. The Morgan fingerprint density at radius 2 is 1.33 bits per heavy atom. The van der Waals surface area contributed by atoms with Crippen molar-refractivity contribution in [3.63, 3.8) is 0 Å². The number of nitrogens with zero attached hydrogens (tertiary/aromatic N) is 6. The third kappa shape index (κ3) is 6.15. The molecule has 0 saturated heterocycles. The number of hydrogen-bond donors (Lipinski definition) is 1. The molecule has 0 radical (unpaired) electrons. The lowest BCUT2D eigenvalue weighted by Crippen LogP contribution is -2.20. The van der Waals surface area contributed by atoms with E-state index in [1.54, 1.807) is 31.2 Å². The van der Waals surface area contributed by atoms with Crippen LogP contribution in [0, 0.1) is 11.8 Å². The molecule has 27 heavy (non-hydrogen) atoms. The summed E-state index contributed by atoms with van der Waals surface area (Å²) in [5.74, 6) is -1.83. The molecule has 0 spiro atoms. The van der Waals surface area contributed by atoms with E-state index in [2.05, 4.69) is 20.6 Å². The van der Waals surface area contributed by atoms with Crippen LogP contribution in [0.4, 0.5) is 0 Å². The summed E-state index contributed by atoms with van der Waals surface area (Å²) >= 11 is 0. The van der Waals surface area contributed by atoms with Crippen LogP contribution in [0.1, 0.15) is 50.9 Å². The molecule has 2 heterocycles. The molecule has 150 valence electrons. The second-order valence-electron chi connectivity index (χ2n) is 6.94. The number of carboxylic acids is 1. The minimum absolute atomic E-state index is 0.0224. The van der Waals surface area contributed by atoms with E-state index < -0.39 is 11.9 Å². The molecule has 0 bridgehead atoms. The molecule has 0 amide bonds. The first-order valence-corrected chi connectivity index (χ1v) is 8.61. The van der Waals surface area contributed by atoms with Crippen molar-refractivity contribution in [3.8, 4) is 0 Å². The number of ether oxygens (including phenoxy) is 1. The molecular formula is C17H28N6O4. The molecule has 2 aromatic heterocycles. The summed E-state index contributed by atoms with van der Waals surface area (Å²) in [6.45, 7) is 7.62. The lowest BCUT2D eigenvalue weighted by atomic mass is 9.93. The average Bonchev–Trinajstić information content (AvgIpc) is 3.16. The Bertz CT molecular complexity index is 752. The number of carboxylic acid groups (broad SMARTS) is 1. The lowest BCUT2D eigenvalue weighted by molar-refractivity contribution is -0.143. The van der Waals surface area contributed by atoms with Gasteiger partial charge in [-0.1, -0.05) is 38.1 Å². The van der Waals surface area contributed by atoms with Gasteiger partial charge in [-0.25, -0.2) is 0 Å². The molecule has 0 aliphatic rings. The zero-order chi connectivity index (χ0) is 20.7. The van der Waals surface area contributed by atoms with Crippen molar-refractivity contribution >= 4 is 11.9 Å². The zero-order valence-corrected chi connectivity index (χ0v) is 16.8. The number of aryl methyl sites for hydroxylation is 2. The Morgan fingerprint density at radius 3 is 1.59 bits per heavy atom. The maximum atomic E-state index is 11.5. The van der Waals surface area contributed by atoms with E-state index in [0.717, 1.165) is 0 Å². The summed E-state index contributed by atoms with van der Waals surface area (Å²) < 4.78 is 7.81. The number of aliphatic carboxylic acids is 1. The summed E-state index contributed by atoms with van der Waals surface area (Å²) in [5, 5.41) is 24.1. The van der Waals surface area contributed by atoms with Crippen molar-refractivity contribution in [1.29, 1.82) is 0 Å². The zero-order valence-electron chi connectivity index (χ0n) is 16.8. The van der Waals surface area contributed by atoms with E-state index >= 15 is 0 Å². The summed E-state index contributed by atoms with van der Waals surface area (Å²) in [6.07, 6.45) is 3.38. The Balaban J connectivity index is 0.000000271. The Morgan fingerprint density at radius 1 is 0.926 bits per heavy atom. The van der Waals surface area contributed by atoms with Crippen LogP contribution < -0.4 is 0 Å². The van der Waals surface area contributed by atoms with Crippen molar-refractivity contribution in [2.24, 2.45) is 25.9 Å². The van der Waals surface area contributed by atoms with Gasteiger partial charge >= 0.3 is 11.9 Å². The van der Waals surface area contributed by atoms with Gasteiger partial charge in [0.25, 0.3) is 0 Å². The highest BCUT2D eigenvalue weighted by molar-refractivity contribution is 5.77. The highest BCUT2D eigenvalue weighted by Crippen LogP contribution is 2.23. The number of hydrogen-bond acceptors (Lipinski definition) is 7. The molecule has 0 aliphatic heterocycles. The standard InChI is InChI=1S/C9H15N3O2.C8H13N3O2/c1-6(2)8(9(13)14-4)7-5-12(3)11-10-7;1-5(2)7(8(12)13)6-4-11(3)10-9-6/h5-6,8H,1-4H3;4-5,7H,1-3H3,(H,12,13). The minimum atomic E-state index is -0.851. The van der Waals surface area contributed by atoms with Crippen LogP contribution in [0.2, 0.25) is 0 Å². The molecule has 2 unspecified atom stereocenters. The topological polar surface area (TPSA) is 125 Å². The largest absolute Gasteiger partial charge is 0.481 e. The van der Waals surface area contributed by atoms with E-state index in [9.17, 15) is 9.59 Å². The number of rotatable bonds is 6. The fourth-order valence-corrected chi connectivity index (χ4v) is 2.63. The summed E-state index contributed by atoms with van der Waals surface area (Å²) in [6, 6.07) is 0. The first-order valence-electron chi connectivity index (χ1n) is 8.61. The van der Waals surface area contributed by atoms with Gasteiger partial charge in [0.05, 0.1) is 18.5 Å². The SMILES string of the molecule is CC(C)C(C(=O)O)c1cn(C)nn1.COC(=O)C(c1cn(C)nn1)C(C)C. The average molecular weight is 380 g/mol. The molecule has 2 rings (SSSR count). The maximum absolute atomic E-state index is 11.5. The number of methoxy groups -OCH3 is 1. The minimum Gasteiger partial charge on any atom is -0.481 e. The molecule has 10 heteroatoms. The predicted molar refractivity (Wildman–Crippen MR) is 96.8 cm³/mol. The smallest absolute Gasteiger partial charge is 0.315 e. The molecule has 2 atom stereocenters. The Hall–Kier alpha value is -2.78. The van der Waals surface area contributed by atoms with Gasteiger partial charge in [-0.05, 0) is 11.8 Å². The normalized spacial score (nSPS) is 13.1. The van der Waals surface area contributed by atoms with E-state index in [1.807, 2.05) is 27.7 Å². The van der Waals surface area contributed by atoms with E-state index in [4.69, 9.17) is 9.84 Å². The van der Waals surface area contributed by atoms with Crippen molar-refractivity contribution < 1.29 is 19.4 Å². The van der Waals surface area contributed by atoms with Crippen molar-refractivity contribution in [2.45, 2.75) is 39.5 Å². The van der Waals surface area contributed by atoms with Gasteiger partial charge in [0.15, 0.2) is 0 Å². The molecule has 10 nitrogen and oxygen atoms in total. The third-order valence-electron chi connectivity index (χ3n) is 3.93. The number of aromatic nitrogens is 6. The van der Waals surface area contributed by atoms with Gasteiger partial charge in [-0.3, -0.25) is 19.0 Å². The van der Waals surface area contributed by atoms with Crippen molar-refractivity contribution in [2.75, 3.05) is 7.11 Å². The Labute approximate surface area is 158 Å².